The number of nitrogen functional groups attached to an aromatic ring is 1. The first-order valence-corrected chi connectivity index (χ1v) is 5.96. The summed E-state index contributed by atoms with van der Waals surface area (Å²) in [5.41, 5.74) is 12.1. The third-order valence-corrected chi connectivity index (χ3v) is 3.17. The van der Waals surface area contributed by atoms with Crippen LogP contribution in [-0.4, -0.2) is 9.38 Å². The SMILES string of the molecule is Cc1ccc(-c2cn3cccc(N)c3n2)c(C)c1. The minimum Gasteiger partial charge on any atom is -0.396 e. The number of anilines is 1. The Bertz CT molecular complexity index is 726. The van der Waals surface area contributed by atoms with Crippen molar-refractivity contribution < 1.29 is 0 Å². The highest BCUT2D eigenvalue weighted by Crippen LogP contribution is 2.25. The van der Waals surface area contributed by atoms with Gasteiger partial charge in [-0.15, -0.1) is 0 Å². The quantitative estimate of drug-likeness (QED) is 0.706. The van der Waals surface area contributed by atoms with E-state index in [0.29, 0.717) is 5.69 Å². The molecule has 2 heterocycles. The normalized spacial score (nSPS) is 11.0. The Kier molecular flexibility index (Phi) is 2.33. The number of pyridine rings is 1. The van der Waals surface area contributed by atoms with E-state index in [9.17, 15) is 0 Å². The molecule has 2 aromatic heterocycles. The van der Waals surface area contributed by atoms with Gasteiger partial charge in [-0.05, 0) is 31.5 Å². The summed E-state index contributed by atoms with van der Waals surface area (Å²) in [5.74, 6) is 0. The van der Waals surface area contributed by atoms with E-state index in [1.807, 2.05) is 28.9 Å². The van der Waals surface area contributed by atoms with Crippen LogP contribution in [0.3, 0.4) is 0 Å². The third kappa shape index (κ3) is 1.64. The number of aromatic nitrogens is 2. The predicted octanol–water partition coefficient (Wildman–Crippen LogP) is 3.20. The number of aryl methyl sites for hydroxylation is 2. The second-order valence-electron chi connectivity index (χ2n) is 4.64. The van der Waals surface area contributed by atoms with Crippen LogP contribution in [-0.2, 0) is 0 Å². The molecule has 2 N–H and O–H groups in total. The predicted molar refractivity (Wildman–Crippen MR) is 74.5 cm³/mol. The lowest BCUT2D eigenvalue weighted by Gasteiger charge is -2.02. The molecule has 0 saturated carbocycles. The Balaban J connectivity index is 2.23. The average Bonchev–Trinajstić information content (AvgIpc) is 2.74. The first-order valence-electron chi connectivity index (χ1n) is 5.96. The lowest BCUT2D eigenvalue weighted by atomic mass is 10.0. The van der Waals surface area contributed by atoms with E-state index in [-0.39, 0.29) is 0 Å². The zero-order valence-electron chi connectivity index (χ0n) is 10.5. The number of imidazole rings is 1. The summed E-state index contributed by atoms with van der Waals surface area (Å²) >= 11 is 0. The molecule has 18 heavy (non-hydrogen) atoms. The molecule has 0 bridgehead atoms. The van der Waals surface area contributed by atoms with Gasteiger partial charge in [0.15, 0.2) is 5.65 Å². The van der Waals surface area contributed by atoms with Gasteiger partial charge in [0.05, 0.1) is 11.4 Å². The van der Waals surface area contributed by atoms with E-state index >= 15 is 0 Å². The fourth-order valence-corrected chi connectivity index (χ4v) is 2.27. The van der Waals surface area contributed by atoms with Crippen LogP contribution >= 0.6 is 0 Å². The van der Waals surface area contributed by atoms with Gasteiger partial charge >= 0.3 is 0 Å². The number of nitrogens with two attached hydrogens (primary N) is 1. The molecule has 0 unspecified atom stereocenters. The summed E-state index contributed by atoms with van der Waals surface area (Å²) in [5, 5.41) is 0. The summed E-state index contributed by atoms with van der Waals surface area (Å²) in [4.78, 5) is 4.61. The van der Waals surface area contributed by atoms with Crippen LogP contribution in [0.5, 0.6) is 0 Å². The molecule has 3 aromatic rings. The fraction of sp³-hybridized carbons (Fsp3) is 0.133. The molecule has 0 atom stereocenters. The number of rotatable bonds is 1. The molecular weight excluding hydrogens is 222 g/mol. The van der Waals surface area contributed by atoms with Gasteiger partial charge in [0.1, 0.15) is 0 Å². The van der Waals surface area contributed by atoms with Crippen LogP contribution in [0.1, 0.15) is 11.1 Å². The highest BCUT2D eigenvalue weighted by Gasteiger charge is 2.08. The Morgan fingerprint density at radius 3 is 2.72 bits per heavy atom. The molecule has 0 radical (unpaired) electrons. The van der Waals surface area contributed by atoms with E-state index in [2.05, 4.69) is 37.0 Å². The molecule has 0 saturated heterocycles. The molecule has 0 aliphatic carbocycles. The van der Waals surface area contributed by atoms with Gasteiger partial charge in [0.25, 0.3) is 0 Å². The van der Waals surface area contributed by atoms with Crippen molar-refractivity contribution in [2.24, 2.45) is 0 Å². The summed E-state index contributed by atoms with van der Waals surface area (Å²) in [6.45, 7) is 4.20. The van der Waals surface area contributed by atoms with Crippen LogP contribution in [0.25, 0.3) is 16.9 Å². The highest BCUT2D eigenvalue weighted by atomic mass is 15.0. The van der Waals surface area contributed by atoms with Crippen molar-refractivity contribution in [2.75, 3.05) is 5.73 Å². The molecule has 3 rings (SSSR count). The summed E-state index contributed by atoms with van der Waals surface area (Å²) in [6, 6.07) is 10.2. The van der Waals surface area contributed by atoms with E-state index < -0.39 is 0 Å². The summed E-state index contributed by atoms with van der Waals surface area (Å²) in [6.07, 6.45) is 3.98. The second-order valence-corrected chi connectivity index (χ2v) is 4.64. The van der Waals surface area contributed by atoms with Gasteiger partial charge in [-0.2, -0.15) is 0 Å². The molecular formula is C15H15N3. The lowest BCUT2D eigenvalue weighted by molar-refractivity contribution is 1.19. The monoisotopic (exact) mass is 237 g/mol. The number of benzene rings is 1. The maximum Gasteiger partial charge on any atom is 0.160 e. The van der Waals surface area contributed by atoms with Gasteiger partial charge in [0.2, 0.25) is 0 Å². The van der Waals surface area contributed by atoms with Crippen LogP contribution in [0.15, 0.2) is 42.7 Å². The van der Waals surface area contributed by atoms with Crippen molar-refractivity contribution in [1.82, 2.24) is 9.38 Å². The molecule has 0 spiro atoms. The molecule has 0 aliphatic heterocycles. The first-order chi connectivity index (χ1) is 8.65. The molecule has 0 aliphatic rings. The van der Waals surface area contributed by atoms with Crippen molar-refractivity contribution in [1.29, 1.82) is 0 Å². The molecule has 0 amide bonds. The van der Waals surface area contributed by atoms with Gasteiger partial charge in [-0.25, -0.2) is 4.98 Å². The van der Waals surface area contributed by atoms with Crippen LogP contribution in [0, 0.1) is 13.8 Å². The third-order valence-electron chi connectivity index (χ3n) is 3.17. The van der Waals surface area contributed by atoms with E-state index in [4.69, 9.17) is 5.73 Å². The van der Waals surface area contributed by atoms with Crippen molar-refractivity contribution >= 4 is 11.3 Å². The number of fused-ring (bicyclic) bond motifs is 1. The van der Waals surface area contributed by atoms with Gasteiger partial charge in [0, 0.05) is 18.0 Å². The van der Waals surface area contributed by atoms with Gasteiger partial charge in [-0.1, -0.05) is 23.8 Å². The van der Waals surface area contributed by atoms with Crippen molar-refractivity contribution in [3.8, 4) is 11.3 Å². The van der Waals surface area contributed by atoms with Crippen LogP contribution in [0.4, 0.5) is 5.69 Å². The maximum atomic E-state index is 5.93. The highest BCUT2D eigenvalue weighted by molar-refractivity contribution is 5.72. The summed E-state index contributed by atoms with van der Waals surface area (Å²) < 4.78 is 1.96. The molecule has 0 fully saturated rings. The van der Waals surface area contributed by atoms with E-state index in [0.717, 1.165) is 16.9 Å². The van der Waals surface area contributed by atoms with Crippen molar-refractivity contribution in [3.05, 3.63) is 53.9 Å². The average molecular weight is 237 g/mol. The Hall–Kier alpha value is -2.29. The Labute approximate surface area is 106 Å². The van der Waals surface area contributed by atoms with Crippen molar-refractivity contribution in [3.63, 3.8) is 0 Å². The van der Waals surface area contributed by atoms with Gasteiger partial charge < -0.3 is 10.1 Å². The Morgan fingerprint density at radius 2 is 2.00 bits per heavy atom. The second kappa shape index (κ2) is 3.88. The molecule has 90 valence electrons. The van der Waals surface area contributed by atoms with E-state index in [1.54, 1.807) is 0 Å². The van der Waals surface area contributed by atoms with Gasteiger partial charge in [-0.3, -0.25) is 0 Å². The maximum absolute atomic E-state index is 5.93. The topological polar surface area (TPSA) is 43.3 Å². The lowest BCUT2D eigenvalue weighted by Crippen LogP contribution is -1.90. The van der Waals surface area contributed by atoms with Crippen LogP contribution < -0.4 is 5.73 Å². The largest absolute Gasteiger partial charge is 0.396 e. The number of hydrogen-bond acceptors (Lipinski definition) is 2. The minimum atomic E-state index is 0.702. The van der Waals surface area contributed by atoms with Crippen LogP contribution in [0.2, 0.25) is 0 Å². The standard InChI is InChI=1S/C15H15N3/c1-10-5-6-12(11(2)8-10)14-9-18-7-3-4-13(16)15(18)17-14/h3-9H,16H2,1-2H3. The van der Waals surface area contributed by atoms with E-state index in [1.165, 1.54) is 11.1 Å². The zero-order chi connectivity index (χ0) is 12.7. The zero-order valence-corrected chi connectivity index (χ0v) is 10.5. The number of nitrogens with zero attached hydrogens (tertiary/aromatic N) is 2. The smallest absolute Gasteiger partial charge is 0.160 e. The fourth-order valence-electron chi connectivity index (χ4n) is 2.27. The minimum absolute atomic E-state index is 0.702. The molecule has 3 nitrogen and oxygen atoms in total. The number of hydrogen-bond donors (Lipinski definition) is 1. The Morgan fingerprint density at radius 1 is 1.17 bits per heavy atom. The molecule has 3 heteroatoms. The first kappa shape index (κ1) is 10.8. The van der Waals surface area contributed by atoms with Crippen molar-refractivity contribution in [2.45, 2.75) is 13.8 Å². The molecule has 1 aromatic carbocycles. The summed E-state index contributed by atoms with van der Waals surface area (Å²) in [7, 11) is 0.